The lowest BCUT2D eigenvalue weighted by molar-refractivity contribution is 0.415. The standard InChI is InChI=1S/C19H14N6O/c1-26-13-4-2-12(3-5-13)22-19-14-6-7-20-10-15(14)17-18(23-19)16-11-21-8-9-25(16)24-17/h2-11H,1H3,(H,22,23). The third-order valence-electron chi connectivity index (χ3n) is 4.32. The Balaban J connectivity index is 1.75. The van der Waals surface area contributed by atoms with Gasteiger partial charge >= 0.3 is 0 Å². The molecule has 7 heteroatoms. The fraction of sp³-hybridized carbons (Fsp3) is 0.0526. The van der Waals surface area contributed by atoms with E-state index in [1.807, 2.05) is 42.7 Å². The second kappa shape index (κ2) is 5.66. The molecule has 0 bridgehead atoms. The van der Waals surface area contributed by atoms with Crippen molar-refractivity contribution in [2.24, 2.45) is 0 Å². The number of fused-ring (bicyclic) bond motifs is 5. The van der Waals surface area contributed by atoms with Gasteiger partial charge in [0.15, 0.2) is 0 Å². The summed E-state index contributed by atoms with van der Waals surface area (Å²) in [5, 5.41) is 9.94. The molecule has 1 N–H and O–H groups in total. The molecule has 0 saturated heterocycles. The minimum absolute atomic E-state index is 0.749. The van der Waals surface area contributed by atoms with Crippen LogP contribution in [0.3, 0.4) is 0 Å². The quantitative estimate of drug-likeness (QED) is 0.540. The molecule has 0 fully saturated rings. The summed E-state index contributed by atoms with van der Waals surface area (Å²) in [7, 11) is 1.65. The van der Waals surface area contributed by atoms with Gasteiger partial charge in [0.2, 0.25) is 0 Å². The molecule has 4 heterocycles. The Labute approximate surface area is 148 Å². The van der Waals surface area contributed by atoms with Crippen LogP contribution in [0.1, 0.15) is 0 Å². The molecular weight excluding hydrogens is 328 g/mol. The first-order chi connectivity index (χ1) is 12.8. The molecule has 0 aliphatic rings. The van der Waals surface area contributed by atoms with Crippen LogP contribution < -0.4 is 10.1 Å². The molecule has 0 aliphatic heterocycles. The van der Waals surface area contributed by atoms with Gasteiger partial charge in [-0.15, -0.1) is 0 Å². The van der Waals surface area contributed by atoms with Gasteiger partial charge in [0.25, 0.3) is 0 Å². The Hall–Kier alpha value is -3.74. The van der Waals surface area contributed by atoms with Gasteiger partial charge < -0.3 is 10.1 Å². The molecule has 26 heavy (non-hydrogen) atoms. The van der Waals surface area contributed by atoms with E-state index in [4.69, 9.17) is 9.72 Å². The van der Waals surface area contributed by atoms with Gasteiger partial charge in [-0.2, -0.15) is 5.10 Å². The van der Waals surface area contributed by atoms with Crippen LogP contribution in [0, 0.1) is 0 Å². The number of hydrogen-bond donors (Lipinski definition) is 1. The average molecular weight is 342 g/mol. The lowest BCUT2D eigenvalue weighted by atomic mass is 10.1. The highest BCUT2D eigenvalue weighted by atomic mass is 16.5. The molecule has 5 rings (SSSR count). The van der Waals surface area contributed by atoms with Crippen LogP contribution in [-0.2, 0) is 0 Å². The van der Waals surface area contributed by atoms with Crippen molar-refractivity contribution in [3.8, 4) is 5.75 Å². The molecule has 0 unspecified atom stereocenters. The van der Waals surface area contributed by atoms with E-state index in [1.54, 1.807) is 30.2 Å². The summed E-state index contributed by atoms with van der Waals surface area (Å²) in [6.07, 6.45) is 8.86. The smallest absolute Gasteiger partial charge is 0.139 e. The van der Waals surface area contributed by atoms with Crippen LogP contribution in [0.4, 0.5) is 11.5 Å². The third-order valence-corrected chi connectivity index (χ3v) is 4.32. The first kappa shape index (κ1) is 14.6. The summed E-state index contributed by atoms with van der Waals surface area (Å²) < 4.78 is 7.00. The molecule has 1 aromatic carbocycles. The Kier molecular flexibility index (Phi) is 3.18. The number of rotatable bonds is 3. The predicted octanol–water partition coefficient (Wildman–Crippen LogP) is 3.58. The van der Waals surface area contributed by atoms with E-state index in [9.17, 15) is 0 Å². The first-order valence-corrected chi connectivity index (χ1v) is 8.10. The van der Waals surface area contributed by atoms with Gasteiger partial charge in [0, 0.05) is 41.2 Å². The summed E-state index contributed by atoms with van der Waals surface area (Å²) in [6.45, 7) is 0. The van der Waals surface area contributed by atoms with Crippen molar-refractivity contribution in [1.82, 2.24) is 24.6 Å². The number of anilines is 2. The summed E-state index contributed by atoms with van der Waals surface area (Å²) in [6, 6.07) is 9.66. The van der Waals surface area contributed by atoms with Gasteiger partial charge in [0.05, 0.1) is 13.3 Å². The molecule has 126 valence electrons. The maximum Gasteiger partial charge on any atom is 0.139 e. The molecule has 0 amide bonds. The predicted molar refractivity (Wildman–Crippen MR) is 99.9 cm³/mol. The van der Waals surface area contributed by atoms with E-state index in [0.717, 1.165) is 44.6 Å². The molecule has 0 atom stereocenters. The fourth-order valence-corrected chi connectivity index (χ4v) is 3.05. The Morgan fingerprint density at radius 3 is 2.62 bits per heavy atom. The van der Waals surface area contributed by atoms with E-state index in [1.165, 1.54) is 0 Å². The Morgan fingerprint density at radius 2 is 1.77 bits per heavy atom. The second-order valence-electron chi connectivity index (χ2n) is 5.84. The maximum absolute atomic E-state index is 5.22. The van der Waals surface area contributed by atoms with Crippen LogP contribution >= 0.6 is 0 Å². The van der Waals surface area contributed by atoms with E-state index >= 15 is 0 Å². The van der Waals surface area contributed by atoms with Gasteiger partial charge in [-0.3, -0.25) is 9.97 Å². The lowest BCUT2D eigenvalue weighted by Gasteiger charge is -2.10. The van der Waals surface area contributed by atoms with Crippen molar-refractivity contribution >= 4 is 38.8 Å². The summed E-state index contributed by atoms with van der Waals surface area (Å²) in [5.41, 5.74) is 3.37. The van der Waals surface area contributed by atoms with Crippen molar-refractivity contribution in [3.63, 3.8) is 0 Å². The number of nitrogens with zero attached hydrogens (tertiary/aromatic N) is 5. The molecule has 4 aromatic heterocycles. The number of hydrogen-bond acceptors (Lipinski definition) is 6. The number of methoxy groups -OCH3 is 1. The largest absolute Gasteiger partial charge is 0.497 e. The molecule has 7 nitrogen and oxygen atoms in total. The van der Waals surface area contributed by atoms with Crippen LogP contribution in [0.25, 0.3) is 27.3 Å². The highest BCUT2D eigenvalue weighted by Gasteiger charge is 2.14. The van der Waals surface area contributed by atoms with E-state index < -0.39 is 0 Å². The summed E-state index contributed by atoms with van der Waals surface area (Å²) >= 11 is 0. The zero-order valence-electron chi connectivity index (χ0n) is 13.9. The number of benzene rings is 1. The van der Waals surface area contributed by atoms with Crippen molar-refractivity contribution in [2.45, 2.75) is 0 Å². The molecule has 0 aliphatic carbocycles. The van der Waals surface area contributed by atoms with Crippen molar-refractivity contribution < 1.29 is 4.74 Å². The average Bonchev–Trinajstić information content (AvgIpc) is 3.08. The van der Waals surface area contributed by atoms with Crippen molar-refractivity contribution in [1.29, 1.82) is 0 Å². The highest BCUT2D eigenvalue weighted by molar-refractivity contribution is 6.12. The van der Waals surface area contributed by atoms with Crippen molar-refractivity contribution in [3.05, 3.63) is 61.3 Å². The zero-order valence-corrected chi connectivity index (χ0v) is 13.9. The fourth-order valence-electron chi connectivity index (χ4n) is 3.05. The number of nitrogens with one attached hydrogen (secondary N) is 1. The summed E-state index contributed by atoms with van der Waals surface area (Å²) in [5.74, 6) is 1.56. The number of ether oxygens (including phenoxy) is 1. The van der Waals surface area contributed by atoms with Crippen LogP contribution in [0.15, 0.2) is 61.3 Å². The van der Waals surface area contributed by atoms with E-state index in [0.29, 0.717) is 0 Å². The number of pyridine rings is 2. The maximum atomic E-state index is 5.22. The molecule has 0 radical (unpaired) electrons. The first-order valence-electron chi connectivity index (χ1n) is 8.10. The minimum atomic E-state index is 0.749. The normalized spacial score (nSPS) is 11.3. The van der Waals surface area contributed by atoms with Gasteiger partial charge in [0.1, 0.15) is 28.1 Å². The minimum Gasteiger partial charge on any atom is -0.497 e. The highest BCUT2D eigenvalue weighted by Crippen LogP contribution is 2.31. The van der Waals surface area contributed by atoms with Gasteiger partial charge in [-0.05, 0) is 30.3 Å². The molecular formula is C19H14N6O. The van der Waals surface area contributed by atoms with Gasteiger partial charge in [-0.25, -0.2) is 9.50 Å². The SMILES string of the molecule is COc1ccc(Nc2nc3c(nn4ccncc34)c3cnccc23)cc1. The third kappa shape index (κ3) is 2.21. The Morgan fingerprint density at radius 1 is 0.923 bits per heavy atom. The molecule has 5 aromatic rings. The summed E-state index contributed by atoms with van der Waals surface area (Å²) in [4.78, 5) is 13.3. The topological polar surface area (TPSA) is 77.2 Å². The Bertz CT molecular complexity index is 1250. The number of aromatic nitrogens is 5. The van der Waals surface area contributed by atoms with Crippen LogP contribution in [-0.4, -0.2) is 31.7 Å². The van der Waals surface area contributed by atoms with Crippen LogP contribution in [0.2, 0.25) is 0 Å². The van der Waals surface area contributed by atoms with Gasteiger partial charge in [-0.1, -0.05) is 0 Å². The molecule has 0 saturated carbocycles. The monoisotopic (exact) mass is 342 g/mol. The van der Waals surface area contributed by atoms with Crippen molar-refractivity contribution in [2.75, 3.05) is 12.4 Å². The second-order valence-corrected chi connectivity index (χ2v) is 5.84. The van der Waals surface area contributed by atoms with E-state index in [-0.39, 0.29) is 0 Å². The van der Waals surface area contributed by atoms with Crippen LogP contribution in [0.5, 0.6) is 5.75 Å². The lowest BCUT2D eigenvalue weighted by Crippen LogP contribution is -1.96. The zero-order chi connectivity index (χ0) is 17.5. The molecule has 0 spiro atoms. The van der Waals surface area contributed by atoms with E-state index in [2.05, 4.69) is 20.4 Å².